The van der Waals surface area contributed by atoms with Gasteiger partial charge in [-0.15, -0.1) is 0 Å². The summed E-state index contributed by atoms with van der Waals surface area (Å²) in [6, 6.07) is 15.8. The number of benzene rings is 2. The molecule has 1 unspecified atom stereocenters. The minimum Gasteiger partial charge on any atom is -0.462 e. The Morgan fingerprint density at radius 3 is 2.46 bits per heavy atom. The number of aromatic nitrogens is 1. The molecule has 1 aliphatic heterocycles. The van der Waals surface area contributed by atoms with Gasteiger partial charge in [-0.2, -0.15) is 0 Å². The summed E-state index contributed by atoms with van der Waals surface area (Å²) in [5.74, 6) is -1.73. The smallest absolute Gasteiger partial charge is 0.338 e. The molecule has 35 heavy (non-hydrogen) atoms. The number of carbonyl (C=O) groups excluding carboxylic acids is 4. The zero-order valence-corrected chi connectivity index (χ0v) is 19.5. The Morgan fingerprint density at radius 2 is 1.80 bits per heavy atom. The largest absolute Gasteiger partial charge is 0.462 e. The summed E-state index contributed by atoms with van der Waals surface area (Å²) in [7, 11) is 0. The fourth-order valence-electron chi connectivity index (χ4n) is 4.07. The molecule has 1 fully saturated rings. The standard InChI is InChI=1S/C27H25N3O5/c1-3-35-27(34)20-10-12-21(13-11-20)30-24(31)15-23(26(30)33)29(17-19-8-6-14-28-16-19)25(32)22-9-5-4-7-18(22)2/h4-14,16,23H,3,15,17H2,1-2H3. The first kappa shape index (κ1) is 23.8. The van der Waals surface area contributed by atoms with Crippen LogP contribution in [0.2, 0.25) is 0 Å². The van der Waals surface area contributed by atoms with Crippen molar-refractivity contribution in [1.29, 1.82) is 0 Å². The van der Waals surface area contributed by atoms with E-state index >= 15 is 0 Å². The zero-order chi connectivity index (χ0) is 24.9. The van der Waals surface area contributed by atoms with Crippen molar-refractivity contribution in [2.45, 2.75) is 32.9 Å². The number of ether oxygens (including phenoxy) is 1. The number of imide groups is 1. The predicted molar refractivity (Wildman–Crippen MR) is 129 cm³/mol. The predicted octanol–water partition coefficient (Wildman–Crippen LogP) is 3.54. The summed E-state index contributed by atoms with van der Waals surface area (Å²) >= 11 is 0. The monoisotopic (exact) mass is 471 g/mol. The molecule has 3 amide bonds. The molecular formula is C27H25N3O5. The molecule has 178 valence electrons. The van der Waals surface area contributed by atoms with Crippen LogP contribution in [0.15, 0.2) is 73.1 Å². The van der Waals surface area contributed by atoms with Crippen LogP contribution in [0.1, 0.15) is 45.2 Å². The first-order chi connectivity index (χ1) is 16.9. The first-order valence-corrected chi connectivity index (χ1v) is 11.3. The molecule has 8 heteroatoms. The van der Waals surface area contributed by atoms with Gasteiger partial charge in [0.1, 0.15) is 6.04 Å². The second-order valence-corrected chi connectivity index (χ2v) is 8.16. The van der Waals surface area contributed by atoms with Gasteiger partial charge in [0.25, 0.3) is 11.8 Å². The highest BCUT2D eigenvalue weighted by Crippen LogP contribution is 2.28. The van der Waals surface area contributed by atoms with E-state index in [0.717, 1.165) is 16.0 Å². The third kappa shape index (κ3) is 4.96. The van der Waals surface area contributed by atoms with Gasteiger partial charge in [-0.25, -0.2) is 9.69 Å². The van der Waals surface area contributed by atoms with Crippen LogP contribution < -0.4 is 4.90 Å². The van der Waals surface area contributed by atoms with E-state index in [2.05, 4.69) is 4.98 Å². The van der Waals surface area contributed by atoms with Crippen LogP contribution in [0.25, 0.3) is 0 Å². The quantitative estimate of drug-likeness (QED) is 0.386. The van der Waals surface area contributed by atoms with Crippen LogP contribution in [0.4, 0.5) is 5.69 Å². The molecule has 0 aliphatic carbocycles. The normalized spacial score (nSPS) is 15.3. The number of nitrogens with zero attached hydrogens (tertiary/aromatic N) is 3. The average Bonchev–Trinajstić information content (AvgIpc) is 3.16. The molecule has 1 atom stereocenters. The van der Waals surface area contributed by atoms with Gasteiger partial charge < -0.3 is 9.64 Å². The summed E-state index contributed by atoms with van der Waals surface area (Å²) in [6.07, 6.45) is 3.12. The van der Waals surface area contributed by atoms with Crippen molar-refractivity contribution < 1.29 is 23.9 Å². The van der Waals surface area contributed by atoms with Crippen molar-refractivity contribution in [2.75, 3.05) is 11.5 Å². The maximum Gasteiger partial charge on any atom is 0.338 e. The average molecular weight is 472 g/mol. The van der Waals surface area contributed by atoms with Crippen LogP contribution in [-0.4, -0.2) is 46.2 Å². The first-order valence-electron chi connectivity index (χ1n) is 11.3. The number of anilines is 1. The summed E-state index contributed by atoms with van der Waals surface area (Å²) in [5, 5.41) is 0. The van der Waals surface area contributed by atoms with E-state index in [4.69, 9.17) is 4.74 Å². The highest BCUT2D eigenvalue weighted by atomic mass is 16.5. The number of carbonyl (C=O) groups is 4. The minimum atomic E-state index is -0.973. The molecule has 0 saturated carbocycles. The Morgan fingerprint density at radius 1 is 1.06 bits per heavy atom. The molecule has 0 bridgehead atoms. The fraction of sp³-hybridized carbons (Fsp3) is 0.222. The number of hydrogen-bond acceptors (Lipinski definition) is 6. The van der Waals surface area contributed by atoms with E-state index in [1.165, 1.54) is 29.2 Å². The van der Waals surface area contributed by atoms with Crippen molar-refractivity contribution >= 4 is 29.4 Å². The molecule has 4 rings (SSSR count). The second-order valence-electron chi connectivity index (χ2n) is 8.16. The maximum atomic E-state index is 13.6. The summed E-state index contributed by atoms with van der Waals surface area (Å²) in [6.45, 7) is 3.91. The molecule has 1 aliphatic rings. The van der Waals surface area contributed by atoms with Crippen LogP contribution in [0, 0.1) is 6.92 Å². The Hall–Kier alpha value is -4.33. The molecule has 1 aromatic heterocycles. The van der Waals surface area contributed by atoms with E-state index < -0.39 is 23.8 Å². The van der Waals surface area contributed by atoms with Gasteiger partial charge in [0, 0.05) is 24.5 Å². The summed E-state index contributed by atoms with van der Waals surface area (Å²) < 4.78 is 4.98. The molecular weight excluding hydrogens is 446 g/mol. The molecule has 0 N–H and O–H groups in total. The SMILES string of the molecule is CCOC(=O)c1ccc(N2C(=O)CC(N(Cc3cccnc3)C(=O)c3ccccc3C)C2=O)cc1. The Labute approximate surface area is 203 Å². The molecule has 2 heterocycles. The lowest BCUT2D eigenvalue weighted by Crippen LogP contribution is -2.45. The van der Waals surface area contributed by atoms with Gasteiger partial charge in [0.05, 0.1) is 24.3 Å². The summed E-state index contributed by atoms with van der Waals surface area (Å²) in [4.78, 5) is 58.6. The number of amides is 3. The fourth-order valence-corrected chi connectivity index (χ4v) is 4.07. The van der Waals surface area contributed by atoms with E-state index in [9.17, 15) is 19.2 Å². The second kappa shape index (κ2) is 10.3. The van der Waals surface area contributed by atoms with Crippen LogP contribution >= 0.6 is 0 Å². The molecule has 2 aromatic carbocycles. The highest BCUT2D eigenvalue weighted by molar-refractivity contribution is 6.23. The molecule has 0 radical (unpaired) electrons. The third-order valence-electron chi connectivity index (χ3n) is 5.85. The number of hydrogen-bond donors (Lipinski definition) is 0. The number of pyridine rings is 1. The van der Waals surface area contributed by atoms with E-state index in [1.807, 2.05) is 25.1 Å². The summed E-state index contributed by atoms with van der Waals surface area (Å²) in [5.41, 5.74) is 2.64. The van der Waals surface area contributed by atoms with Crippen molar-refractivity contribution in [1.82, 2.24) is 9.88 Å². The van der Waals surface area contributed by atoms with Gasteiger partial charge in [-0.3, -0.25) is 19.4 Å². The topological polar surface area (TPSA) is 96.9 Å². The lowest BCUT2D eigenvalue weighted by atomic mass is 10.1. The van der Waals surface area contributed by atoms with Crippen molar-refractivity contribution in [3.05, 3.63) is 95.3 Å². The van der Waals surface area contributed by atoms with Gasteiger partial charge in [0.15, 0.2) is 0 Å². The third-order valence-corrected chi connectivity index (χ3v) is 5.85. The minimum absolute atomic E-state index is 0.125. The lowest BCUT2D eigenvalue weighted by molar-refractivity contribution is -0.122. The number of rotatable bonds is 7. The van der Waals surface area contributed by atoms with Crippen molar-refractivity contribution in [2.24, 2.45) is 0 Å². The van der Waals surface area contributed by atoms with Gasteiger partial charge >= 0.3 is 5.97 Å². The van der Waals surface area contributed by atoms with Gasteiger partial charge in [-0.05, 0) is 61.4 Å². The molecule has 3 aromatic rings. The van der Waals surface area contributed by atoms with Crippen LogP contribution in [0.5, 0.6) is 0 Å². The lowest BCUT2D eigenvalue weighted by Gasteiger charge is -2.28. The van der Waals surface area contributed by atoms with E-state index in [-0.39, 0.29) is 25.5 Å². The van der Waals surface area contributed by atoms with E-state index in [1.54, 1.807) is 37.5 Å². The van der Waals surface area contributed by atoms with Gasteiger partial charge in [0.2, 0.25) is 5.91 Å². The molecule has 0 spiro atoms. The molecule has 1 saturated heterocycles. The Balaban J connectivity index is 1.64. The Bertz CT molecular complexity index is 1260. The van der Waals surface area contributed by atoms with Crippen LogP contribution in [0.3, 0.4) is 0 Å². The maximum absolute atomic E-state index is 13.6. The van der Waals surface area contributed by atoms with Crippen molar-refractivity contribution in [3.63, 3.8) is 0 Å². The van der Waals surface area contributed by atoms with Crippen LogP contribution in [-0.2, 0) is 20.9 Å². The highest BCUT2D eigenvalue weighted by Gasteiger charge is 2.44. The number of aryl methyl sites for hydroxylation is 1. The number of esters is 1. The Kier molecular flexibility index (Phi) is 7.01. The van der Waals surface area contributed by atoms with Crippen molar-refractivity contribution in [3.8, 4) is 0 Å². The molecule has 8 nitrogen and oxygen atoms in total. The van der Waals surface area contributed by atoms with E-state index in [0.29, 0.717) is 16.8 Å². The van der Waals surface area contributed by atoms with Gasteiger partial charge in [-0.1, -0.05) is 24.3 Å². The zero-order valence-electron chi connectivity index (χ0n) is 19.5.